The van der Waals surface area contributed by atoms with Gasteiger partial charge in [0.2, 0.25) is 12.1 Å². The molecule has 2 atom stereocenters. The van der Waals surface area contributed by atoms with E-state index in [1.165, 1.54) is 56.1 Å². The second kappa shape index (κ2) is 24.5. The molecule has 0 fully saturated rings. The summed E-state index contributed by atoms with van der Waals surface area (Å²) in [5, 5.41) is 0. The number of carbonyl (C=O) groups is 1. The fraction of sp³-hybridized carbons (Fsp3) is 0.711. The molecule has 0 amide bonds. The van der Waals surface area contributed by atoms with Crippen molar-refractivity contribution in [2.75, 3.05) is 19.8 Å². The number of allylic oxidation sites excluding steroid dienone is 4. The predicted octanol–water partition coefficient (Wildman–Crippen LogP) is 11.3. The van der Waals surface area contributed by atoms with Crippen LogP contribution in [0, 0.1) is 11.8 Å². The molecule has 0 aliphatic heterocycles. The second-order valence-electron chi connectivity index (χ2n) is 12.8. The SMILES string of the molecule is CCCCCCCCCCOc1ccc(C(=O)C(OCCC(C)CCC=C(C)C)OCCC(C)CCC=C(C)C)cc1. The van der Waals surface area contributed by atoms with Crippen molar-refractivity contribution in [2.45, 2.75) is 145 Å². The lowest BCUT2D eigenvalue weighted by molar-refractivity contribution is -0.118. The van der Waals surface area contributed by atoms with Crippen molar-refractivity contribution in [1.82, 2.24) is 0 Å². The van der Waals surface area contributed by atoms with Gasteiger partial charge in [-0.1, -0.05) is 89.0 Å². The Morgan fingerprint density at radius 3 is 1.62 bits per heavy atom. The number of Topliss-reactive ketones (excluding diaryl/α,β-unsaturated/α-hetero) is 1. The van der Waals surface area contributed by atoms with Crippen molar-refractivity contribution in [3.63, 3.8) is 0 Å². The number of benzene rings is 1. The van der Waals surface area contributed by atoms with E-state index in [9.17, 15) is 4.79 Å². The van der Waals surface area contributed by atoms with Gasteiger partial charge in [-0.2, -0.15) is 0 Å². The molecule has 4 heteroatoms. The first-order chi connectivity index (χ1) is 20.2. The zero-order chi connectivity index (χ0) is 31.0. The topological polar surface area (TPSA) is 44.8 Å². The molecule has 0 aliphatic carbocycles. The minimum absolute atomic E-state index is 0.112. The van der Waals surface area contributed by atoms with E-state index in [-0.39, 0.29) is 5.78 Å². The summed E-state index contributed by atoms with van der Waals surface area (Å²) in [6.45, 7) is 17.1. The minimum Gasteiger partial charge on any atom is -0.494 e. The highest BCUT2D eigenvalue weighted by Crippen LogP contribution is 2.19. The van der Waals surface area contributed by atoms with Gasteiger partial charge in [-0.15, -0.1) is 0 Å². The van der Waals surface area contributed by atoms with E-state index in [1.807, 2.05) is 24.3 Å². The lowest BCUT2D eigenvalue weighted by Crippen LogP contribution is -2.29. The number of unbranched alkanes of at least 4 members (excludes halogenated alkanes) is 7. The molecule has 0 saturated carbocycles. The molecule has 240 valence electrons. The standard InChI is InChI=1S/C38H64O4/c1-8-9-10-11-12-13-14-15-28-40-36-24-22-35(23-25-36)37(39)38(41-29-26-33(6)20-16-18-31(2)3)42-30-27-34(7)21-17-19-32(4)5/h18-19,22-25,33-34,38H,8-17,20-21,26-30H2,1-7H3. The summed E-state index contributed by atoms with van der Waals surface area (Å²) in [5.74, 6) is 1.76. The van der Waals surface area contributed by atoms with E-state index >= 15 is 0 Å². The van der Waals surface area contributed by atoms with E-state index in [2.05, 4.69) is 60.6 Å². The van der Waals surface area contributed by atoms with Crippen molar-refractivity contribution in [1.29, 1.82) is 0 Å². The van der Waals surface area contributed by atoms with E-state index < -0.39 is 6.29 Å². The molecule has 0 heterocycles. The maximum atomic E-state index is 13.4. The molecule has 0 aliphatic rings. The number of hydrogen-bond acceptors (Lipinski definition) is 4. The van der Waals surface area contributed by atoms with Crippen molar-refractivity contribution in [2.24, 2.45) is 11.8 Å². The van der Waals surface area contributed by atoms with Gasteiger partial charge >= 0.3 is 0 Å². The maximum Gasteiger partial charge on any atom is 0.222 e. The summed E-state index contributed by atoms with van der Waals surface area (Å²) < 4.78 is 18.1. The summed E-state index contributed by atoms with van der Waals surface area (Å²) >= 11 is 0. The molecular formula is C38H64O4. The van der Waals surface area contributed by atoms with Gasteiger partial charge in [-0.25, -0.2) is 0 Å². The number of hydrogen-bond donors (Lipinski definition) is 0. The van der Waals surface area contributed by atoms with Gasteiger partial charge in [-0.05, 0) is 109 Å². The summed E-state index contributed by atoms with van der Waals surface area (Å²) in [7, 11) is 0. The maximum absolute atomic E-state index is 13.4. The van der Waals surface area contributed by atoms with Crippen LogP contribution in [0.2, 0.25) is 0 Å². The summed E-state index contributed by atoms with van der Waals surface area (Å²) in [6.07, 6.45) is 20.2. The van der Waals surface area contributed by atoms with E-state index in [0.717, 1.165) is 50.7 Å². The molecule has 0 bridgehead atoms. The summed E-state index contributed by atoms with van der Waals surface area (Å²) in [6, 6.07) is 7.47. The first-order valence-corrected chi connectivity index (χ1v) is 17.0. The number of ether oxygens (including phenoxy) is 3. The van der Waals surface area contributed by atoms with Crippen molar-refractivity contribution < 1.29 is 19.0 Å². The Hall–Kier alpha value is -1.91. The van der Waals surface area contributed by atoms with Crippen LogP contribution in [0.5, 0.6) is 5.75 Å². The number of rotatable bonds is 26. The lowest BCUT2D eigenvalue weighted by atomic mass is 10.0. The third-order valence-electron chi connectivity index (χ3n) is 7.80. The van der Waals surface area contributed by atoms with Gasteiger partial charge in [0.25, 0.3) is 0 Å². The fourth-order valence-corrected chi connectivity index (χ4v) is 4.83. The molecule has 0 aromatic heterocycles. The molecule has 2 unspecified atom stereocenters. The molecule has 42 heavy (non-hydrogen) atoms. The van der Waals surface area contributed by atoms with E-state index in [1.54, 1.807) is 0 Å². The molecule has 1 aromatic carbocycles. The molecule has 1 aromatic rings. The smallest absolute Gasteiger partial charge is 0.222 e. The number of ketones is 1. The van der Waals surface area contributed by atoms with Crippen molar-refractivity contribution in [3.05, 3.63) is 53.1 Å². The lowest BCUT2D eigenvalue weighted by Gasteiger charge is -2.20. The molecular weight excluding hydrogens is 520 g/mol. The van der Waals surface area contributed by atoms with Crippen LogP contribution in [-0.2, 0) is 9.47 Å². The van der Waals surface area contributed by atoms with Crippen molar-refractivity contribution >= 4 is 5.78 Å². The van der Waals surface area contributed by atoms with Crippen LogP contribution in [0.4, 0.5) is 0 Å². The Morgan fingerprint density at radius 2 is 1.14 bits per heavy atom. The second-order valence-corrected chi connectivity index (χ2v) is 12.8. The summed E-state index contributed by atoms with van der Waals surface area (Å²) in [5.41, 5.74) is 3.32. The zero-order valence-corrected chi connectivity index (χ0v) is 28.3. The predicted molar refractivity (Wildman–Crippen MR) is 179 cm³/mol. The quantitative estimate of drug-likeness (QED) is 0.0470. The fourth-order valence-electron chi connectivity index (χ4n) is 4.83. The average Bonchev–Trinajstić information content (AvgIpc) is 2.95. The Labute approximate surface area is 259 Å². The monoisotopic (exact) mass is 584 g/mol. The normalized spacial score (nSPS) is 13.3. The van der Waals surface area contributed by atoms with Crippen LogP contribution in [0.1, 0.15) is 149 Å². The minimum atomic E-state index is -0.871. The van der Waals surface area contributed by atoms with Gasteiger partial charge in [0.1, 0.15) is 5.75 Å². The van der Waals surface area contributed by atoms with Gasteiger partial charge in [0.15, 0.2) is 0 Å². The van der Waals surface area contributed by atoms with Gasteiger partial charge in [0, 0.05) is 5.56 Å². The Balaban J connectivity index is 2.58. The van der Waals surface area contributed by atoms with Crippen LogP contribution < -0.4 is 4.74 Å². The molecule has 0 N–H and O–H groups in total. The van der Waals surface area contributed by atoms with Crippen LogP contribution in [0.3, 0.4) is 0 Å². The number of carbonyl (C=O) groups excluding carboxylic acids is 1. The van der Waals surface area contributed by atoms with Gasteiger partial charge in [-0.3, -0.25) is 4.79 Å². The van der Waals surface area contributed by atoms with Crippen LogP contribution in [-0.4, -0.2) is 31.9 Å². The Bertz CT molecular complexity index is 828. The van der Waals surface area contributed by atoms with Crippen LogP contribution in [0.25, 0.3) is 0 Å². The van der Waals surface area contributed by atoms with Crippen molar-refractivity contribution in [3.8, 4) is 5.75 Å². The molecule has 4 nitrogen and oxygen atoms in total. The Morgan fingerprint density at radius 1 is 0.667 bits per heavy atom. The van der Waals surface area contributed by atoms with Crippen LogP contribution in [0.15, 0.2) is 47.6 Å². The Kier molecular flexibility index (Phi) is 22.3. The molecule has 0 saturated heterocycles. The first-order valence-electron chi connectivity index (χ1n) is 17.0. The summed E-state index contributed by atoms with van der Waals surface area (Å²) in [4.78, 5) is 13.4. The highest BCUT2D eigenvalue weighted by molar-refractivity contribution is 5.98. The average molecular weight is 585 g/mol. The first kappa shape index (κ1) is 38.1. The molecule has 1 rings (SSSR count). The third-order valence-corrected chi connectivity index (χ3v) is 7.80. The third kappa shape index (κ3) is 20.1. The van der Waals surface area contributed by atoms with E-state index in [0.29, 0.717) is 37.2 Å². The van der Waals surface area contributed by atoms with Gasteiger partial charge in [0.05, 0.1) is 19.8 Å². The van der Waals surface area contributed by atoms with Crippen LogP contribution >= 0.6 is 0 Å². The highest BCUT2D eigenvalue weighted by atomic mass is 16.7. The molecule has 0 spiro atoms. The molecule has 0 radical (unpaired) electrons. The zero-order valence-electron chi connectivity index (χ0n) is 28.3. The largest absolute Gasteiger partial charge is 0.494 e. The van der Waals surface area contributed by atoms with E-state index in [4.69, 9.17) is 14.2 Å². The highest BCUT2D eigenvalue weighted by Gasteiger charge is 2.22. The van der Waals surface area contributed by atoms with Gasteiger partial charge < -0.3 is 14.2 Å².